The highest BCUT2D eigenvalue weighted by molar-refractivity contribution is 6.00. The number of aromatic nitrogens is 1. The Balaban J connectivity index is 2.17. The number of rotatable bonds is 7. The number of nitrogens with zero attached hydrogens (tertiary/aromatic N) is 2. The van der Waals surface area contributed by atoms with Crippen molar-refractivity contribution in [3.8, 4) is 5.75 Å². The zero-order valence-corrected chi connectivity index (χ0v) is 15.8. The minimum atomic E-state index is -4.12. The first kappa shape index (κ1) is 21.9. The van der Waals surface area contributed by atoms with Gasteiger partial charge in [-0.25, -0.2) is 4.98 Å². The van der Waals surface area contributed by atoms with Gasteiger partial charge in [0.15, 0.2) is 0 Å². The first-order valence-corrected chi connectivity index (χ1v) is 9.13. The monoisotopic (exact) mass is 398 g/mol. The van der Waals surface area contributed by atoms with E-state index in [2.05, 4.69) is 11.6 Å². The number of amides is 1. The Kier molecular flexibility index (Phi) is 7.62. The summed E-state index contributed by atoms with van der Waals surface area (Å²) in [6, 6.07) is 1.65. The van der Waals surface area contributed by atoms with Gasteiger partial charge in [-0.1, -0.05) is 18.7 Å². The van der Waals surface area contributed by atoms with E-state index in [1.807, 2.05) is 6.08 Å². The number of alkyl halides is 3. The van der Waals surface area contributed by atoms with Crippen LogP contribution >= 0.6 is 0 Å². The number of allylic oxidation sites excluding steroid dienone is 1. The van der Waals surface area contributed by atoms with Crippen molar-refractivity contribution in [3.63, 3.8) is 0 Å². The molecule has 0 spiro atoms. The predicted molar refractivity (Wildman–Crippen MR) is 101 cm³/mol. The summed E-state index contributed by atoms with van der Waals surface area (Å²) in [7, 11) is 1.49. The lowest BCUT2D eigenvalue weighted by molar-refractivity contribution is -0.183. The predicted octanol–water partition coefficient (Wildman–Crippen LogP) is 3.98. The molecule has 5 nitrogen and oxygen atoms in total. The Bertz CT molecular complexity index is 711. The van der Waals surface area contributed by atoms with Crippen LogP contribution in [0.25, 0.3) is 6.08 Å². The molecule has 0 saturated heterocycles. The molecule has 1 heterocycles. The number of aliphatic hydroxyl groups is 1. The fraction of sp³-hybridized carbons (Fsp3) is 0.500. The molecule has 1 N–H and O–H groups in total. The van der Waals surface area contributed by atoms with Crippen molar-refractivity contribution >= 4 is 17.8 Å². The molecule has 0 unspecified atom stereocenters. The molecule has 1 saturated carbocycles. The van der Waals surface area contributed by atoms with Gasteiger partial charge in [-0.15, -0.1) is 0 Å². The van der Waals surface area contributed by atoms with Crippen molar-refractivity contribution < 1.29 is 27.8 Å². The Morgan fingerprint density at radius 1 is 1.39 bits per heavy atom. The van der Waals surface area contributed by atoms with E-state index in [0.29, 0.717) is 30.0 Å². The van der Waals surface area contributed by atoms with Gasteiger partial charge in [0, 0.05) is 5.56 Å². The van der Waals surface area contributed by atoms with E-state index >= 15 is 0 Å². The van der Waals surface area contributed by atoms with E-state index in [0.717, 1.165) is 6.08 Å². The van der Waals surface area contributed by atoms with E-state index in [4.69, 9.17) is 4.74 Å². The van der Waals surface area contributed by atoms with Crippen molar-refractivity contribution in [1.82, 2.24) is 4.98 Å². The highest BCUT2D eigenvalue weighted by Gasteiger charge is 2.40. The highest BCUT2D eigenvalue weighted by Crippen LogP contribution is 2.40. The molecule has 1 aliphatic rings. The zero-order valence-electron chi connectivity index (χ0n) is 15.8. The molecule has 8 heteroatoms. The Morgan fingerprint density at radius 3 is 2.61 bits per heavy atom. The molecular formula is C20H25F3N2O3. The fourth-order valence-electron chi connectivity index (χ4n) is 3.32. The molecular weight excluding hydrogens is 373 g/mol. The molecule has 1 fully saturated rings. The van der Waals surface area contributed by atoms with Crippen LogP contribution in [-0.4, -0.2) is 42.4 Å². The number of anilines is 1. The van der Waals surface area contributed by atoms with Crippen LogP contribution in [0.1, 0.15) is 31.2 Å². The van der Waals surface area contributed by atoms with E-state index < -0.39 is 18.0 Å². The number of carbonyl (C=O) groups excluding carboxylic acids is 1. The summed E-state index contributed by atoms with van der Waals surface area (Å²) in [5, 5.41) is 9.19. The third-order valence-corrected chi connectivity index (χ3v) is 4.93. The van der Waals surface area contributed by atoms with Crippen LogP contribution in [0, 0.1) is 11.8 Å². The lowest BCUT2D eigenvalue weighted by atomic mass is 9.81. The van der Waals surface area contributed by atoms with Gasteiger partial charge in [-0.2, -0.15) is 13.2 Å². The molecule has 0 radical (unpaired) electrons. The topological polar surface area (TPSA) is 62.7 Å². The van der Waals surface area contributed by atoms with Crippen molar-refractivity contribution in [2.75, 3.05) is 25.2 Å². The van der Waals surface area contributed by atoms with Crippen LogP contribution in [0.4, 0.5) is 19.0 Å². The minimum absolute atomic E-state index is 0.0586. The molecule has 0 aliphatic heterocycles. The fourth-order valence-corrected chi connectivity index (χ4v) is 3.32. The first-order chi connectivity index (χ1) is 13.3. The normalized spacial score (nSPS) is 20.2. The van der Waals surface area contributed by atoms with Gasteiger partial charge in [0.1, 0.15) is 11.6 Å². The lowest BCUT2D eigenvalue weighted by Gasteiger charge is -2.28. The molecule has 1 aliphatic carbocycles. The molecule has 1 amide bonds. The maximum absolute atomic E-state index is 12.8. The molecule has 1 aromatic rings. The average Bonchev–Trinajstić information content (AvgIpc) is 2.69. The molecule has 1 aromatic heterocycles. The SMILES string of the molecule is C=CC(=O)N(CCO)c1cc(/C=C/[C@H]2CC[C@H](C(F)(F)F)CC2)c(OC)cn1. The van der Waals surface area contributed by atoms with Crippen LogP contribution < -0.4 is 9.64 Å². The number of methoxy groups -OCH3 is 1. The van der Waals surface area contributed by atoms with Gasteiger partial charge in [0.2, 0.25) is 0 Å². The van der Waals surface area contributed by atoms with E-state index in [9.17, 15) is 23.1 Å². The number of aliphatic hydroxyl groups excluding tert-OH is 1. The van der Waals surface area contributed by atoms with Gasteiger partial charge in [0.25, 0.3) is 5.91 Å². The molecule has 0 aromatic carbocycles. The number of halogens is 3. The van der Waals surface area contributed by atoms with Gasteiger partial charge in [-0.3, -0.25) is 9.69 Å². The zero-order chi connectivity index (χ0) is 20.7. The molecule has 0 bridgehead atoms. The van der Waals surface area contributed by atoms with Crippen LogP contribution in [0.3, 0.4) is 0 Å². The second kappa shape index (κ2) is 9.73. The van der Waals surface area contributed by atoms with E-state index in [1.54, 1.807) is 12.1 Å². The van der Waals surface area contributed by atoms with Crippen LogP contribution in [-0.2, 0) is 4.79 Å². The summed E-state index contributed by atoms with van der Waals surface area (Å²) in [6.07, 6.45) is 3.39. The number of ether oxygens (including phenoxy) is 1. The largest absolute Gasteiger partial charge is 0.495 e. The number of hydrogen-bond donors (Lipinski definition) is 1. The smallest absolute Gasteiger partial charge is 0.391 e. The van der Waals surface area contributed by atoms with E-state index in [1.165, 1.54) is 18.2 Å². The van der Waals surface area contributed by atoms with Gasteiger partial charge < -0.3 is 9.84 Å². The molecule has 154 valence electrons. The first-order valence-electron chi connectivity index (χ1n) is 9.13. The third-order valence-electron chi connectivity index (χ3n) is 4.93. The Hall–Kier alpha value is -2.35. The third kappa shape index (κ3) is 5.58. The van der Waals surface area contributed by atoms with Crippen LogP contribution in [0.15, 0.2) is 31.0 Å². The average molecular weight is 398 g/mol. The van der Waals surface area contributed by atoms with Crippen LogP contribution in [0.5, 0.6) is 5.75 Å². The second-order valence-electron chi connectivity index (χ2n) is 6.71. The maximum atomic E-state index is 12.8. The van der Waals surface area contributed by atoms with Crippen molar-refractivity contribution in [1.29, 1.82) is 0 Å². The molecule has 2 rings (SSSR count). The Labute approximate surface area is 162 Å². The highest BCUT2D eigenvalue weighted by atomic mass is 19.4. The lowest BCUT2D eigenvalue weighted by Crippen LogP contribution is -2.32. The summed E-state index contributed by atoms with van der Waals surface area (Å²) in [5.74, 6) is -0.731. The molecule has 28 heavy (non-hydrogen) atoms. The van der Waals surface area contributed by atoms with Gasteiger partial charge >= 0.3 is 6.18 Å². The second-order valence-corrected chi connectivity index (χ2v) is 6.71. The van der Waals surface area contributed by atoms with Crippen molar-refractivity contribution in [3.05, 3.63) is 36.6 Å². The summed E-state index contributed by atoms with van der Waals surface area (Å²) in [4.78, 5) is 17.5. The van der Waals surface area contributed by atoms with Crippen molar-refractivity contribution in [2.45, 2.75) is 31.9 Å². The standard InChI is InChI=1S/C20H25F3N2O3/c1-3-19(27)25(10-11-26)18-12-15(17(28-2)13-24-18)7-4-14-5-8-16(9-6-14)20(21,22)23/h3-4,7,12-14,16,26H,1,5-6,8-11H2,2H3/b7-4+/t14-,16-. The summed E-state index contributed by atoms with van der Waals surface area (Å²) in [6.45, 7) is 3.28. The van der Waals surface area contributed by atoms with E-state index in [-0.39, 0.29) is 31.9 Å². The number of hydrogen-bond acceptors (Lipinski definition) is 4. The summed E-state index contributed by atoms with van der Waals surface area (Å²) in [5.41, 5.74) is 0.658. The Morgan fingerprint density at radius 2 is 2.07 bits per heavy atom. The minimum Gasteiger partial charge on any atom is -0.495 e. The number of pyridine rings is 1. The quantitative estimate of drug-likeness (QED) is 0.706. The maximum Gasteiger partial charge on any atom is 0.391 e. The van der Waals surface area contributed by atoms with Gasteiger partial charge in [-0.05, 0) is 43.7 Å². The number of carbonyl (C=O) groups is 1. The van der Waals surface area contributed by atoms with Crippen LogP contribution in [0.2, 0.25) is 0 Å². The summed E-state index contributed by atoms with van der Waals surface area (Å²) < 4.78 is 43.7. The molecule has 0 atom stereocenters. The van der Waals surface area contributed by atoms with Crippen molar-refractivity contribution in [2.24, 2.45) is 11.8 Å². The van der Waals surface area contributed by atoms with Gasteiger partial charge in [0.05, 0.1) is 32.4 Å². The summed E-state index contributed by atoms with van der Waals surface area (Å²) >= 11 is 0.